The fourth-order valence-electron chi connectivity index (χ4n) is 1.79. The Morgan fingerprint density at radius 3 is 2.47 bits per heavy atom. The highest BCUT2D eigenvalue weighted by Gasteiger charge is 2.16. The van der Waals surface area contributed by atoms with E-state index in [1.54, 1.807) is 0 Å². The van der Waals surface area contributed by atoms with Crippen molar-refractivity contribution < 1.29 is 4.39 Å². The van der Waals surface area contributed by atoms with E-state index in [9.17, 15) is 4.39 Å². The summed E-state index contributed by atoms with van der Waals surface area (Å²) < 4.78 is 13.3. The minimum atomic E-state index is -1.22. The number of hydrogen-bond acceptors (Lipinski definition) is 3. The third-order valence-corrected chi connectivity index (χ3v) is 3.22. The molecule has 0 aliphatic carbocycles. The van der Waals surface area contributed by atoms with Crippen molar-refractivity contribution in [3.63, 3.8) is 0 Å². The summed E-state index contributed by atoms with van der Waals surface area (Å²) in [5.74, 6) is 0.451. The van der Waals surface area contributed by atoms with Gasteiger partial charge in [-0.15, -0.1) is 0 Å². The molecule has 0 spiro atoms. The Balaban J connectivity index is 2.22. The molecule has 3 nitrogen and oxygen atoms in total. The van der Waals surface area contributed by atoms with E-state index >= 15 is 0 Å². The third-order valence-electron chi connectivity index (χ3n) is 2.85. The number of halogens is 2. The lowest BCUT2D eigenvalue weighted by molar-refractivity contribution is 0.365. The number of nitrogens with one attached hydrogen (secondary N) is 1. The second-order valence-corrected chi connectivity index (χ2v) is 4.69. The topological polar surface area (TPSA) is 37.8 Å². The molecule has 0 aliphatic rings. The van der Waals surface area contributed by atoms with Crippen molar-refractivity contribution in [2.45, 2.75) is 26.1 Å². The summed E-state index contributed by atoms with van der Waals surface area (Å²) in [6.45, 7) is 3.39. The van der Waals surface area contributed by atoms with Gasteiger partial charge >= 0.3 is 0 Å². The second kappa shape index (κ2) is 5.97. The van der Waals surface area contributed by atoms with Crippen LogP contribution in [0.1, 0.15) is 37.3 Å². The summed E-state index contributed by atoms with van der Waals surface area (Å²) in [7, 11) is 0. The van der Waals surface area contributed by atoms with Crippen LogP contribution < -0.4 is 5.32 Å². The van der Waals surface area contributed by atoms with Crippen molar-refractivity contribution in [1.29, 1.82) is 0 Å². The third kappa shape index (κ3) is 3.20. The van der Waals surface area contributed by atoms with Gasteiger partial charge in [0.25, 0.3) is 0 Å². The van der Waals surface area contributed by atoms with Crippen LogP contribution in [0.5, 0.6) is 0 Å². The molecule has 2 atom stereocenters. The number of aromatic nitrogens is 2. The van der Waals surface area contributed by atoms with Gasteiger partial charge in [0.2, 0.25) is 0 Å². The lowest BCUT2D eigenvalue weighted by Crippen LogP contribution is -2.09. The summed E-state index contributed by atoms with van der Waals surface area (Å²) in [4.78, 5) is 7.93. The molecule has 2 aromatic rings. The van der Waals surface area contributed by atoms with Gasteiger partial charge in [0.1, 0.15) is 23.3 Å². The first kappa shape index (κ1) is 13.7. The molecule has 1 aromatic heterocycles. The van der Waals surface area contributed by atoms with Crippen LogP contribution >= 0.6 is 11.6 Å². The van der Waals surface area contributed by atoms with Crippen LogP contribution in [0, 0.1) is 0 Å². The number of benzene rings is 1. The van der Waals surface area contributed by atoms with Crippen molar-refractivity contribution in [1.82, 2.24) is 9.97 Å². The van der Waals surface area contributed by atoms with Crippen molar-refractivity contribution in [2.24, 2.45) is 0 Å². The van der Waals surface area contributed by atoms with E-state index in [2.05, 4.69) is 15.3 Å². The van der Waals surface area contributed by atoms with Crippen LogP contribution in [0.2, 0.25) is 5.02 Å². The number of hydrogen-bond donors (Lipinski definition) is 1. The van der Waals surface area contributed by atoms with E-state index in [4.69, 9.17) is 11.6 Å². The van der Waals surface area contributed by atoms with Gasteiger partial charge in [0.15, 0.2) is 0 Å². The predicted octanol–water partition coefficient (Wildman–Crippen LogP) is 4.33. The number of alkyl halides is 1. The van der Waals surface area contributed by atoms with Gasteiger partial charge in [-0.2, -0.15) is 0 Å². The molecule has 0 saturated carbocycles. The maximum absolute atomic E-state index is 13.3. The maximum Gasteiger partial charge on any atom is 0.149 e. The fourth-order valence-corrected chi connectivity index (χ4v) is 2.09. The Labute approximate surface area is 116 Å². The molecular weight excluding hydrogens is 265 g/mol. The lowest BCUT2D eigenvalue weighted by atomic mass is 10.1. The Morgan fingerprint density at radius 1 is 1.16 bits per heavy atom. The molecule has 5 heteroatoms. The average molecular weight is 280 g/mol. The molecule has 0 fully saturated rings. The molecule has 0 aliphatic heterocycles. The minimum absolute atomic E-state index is 0.0244. The van der Waals surface area contributed by atoms with E-state index < -0.39 is 6.17 Å². The smallest absolute Gasteiger partial charge is 0.149 e. The lowest BCUT2D eigenvalue weighted by Gasteiger charge is -2.16. The molecule has 1 aromatic carbocycles. The van der Waals surface area contributed by atoms with Crippen molar-refractivity contribution >= 4 is 17.4 Å². The standard InChI is InChI=1S/C14H15ClFN3/c1-9(16)13-12(15)14(18-8-17-13)19-10(2)11-6-4-3-5-7-11/h3-10H,1-2H3,(H,17,18,19)/t9-,10+/m1/s1. The van der Waals surface area contributed by atoms with E-state index in [1.807, 2.05) is 37.3 Å². The zero-order chi connectivity index (χ0) is 13.8. The quantitative estimate of drug-likeness (QED) is 0.905. The summed E-state index contributed by atoms with van der Waals surface area (Å²) in [5.41, 5.74) is 1.31. The molecule has 100 valence electrons. The number of anilines is 1. The monoisotopic (exact) mass is 279 g/mol. The SMILES string of the molecule is C[C@H](Nc1ncnc([C@@H](C)F)c1Cl)c1ccccc1. The van der Waals surface area contributed by atoms with Crippen molar-refractivity contribution in [2.75, 3.05) is 5.32 Å². The molecule has 0 unspecified atom stereocenters. The molecule has 0 saturated heterocycles. The zero-order valence-electron chi connectivity index (χ0n) is 10.8. The molecule has 19 heavy (non-hydrogen) atoms. The normalized spacial score (nSPS) is 13.9. The molecular formula is C14H15ClFN3. The van der Waals surface area contributed by atoms with Gasteiger partial charge in [-0.05, 0) is 19.4 Å². The molecule has 0 amide bonds. The van der Waals surface area contributed by atoms with Gasteiger partial charge in [0.05, 0.1) is 5.69 Å². The van der Waals surface area contributed by atoms with E-state index in [0.29, 0.717) is 5.82 Å². The summed E-state index contributed by atoms with van der Waals surface area (Å²) in [6.07, 6.45) is 0.0974. The summed E-state index contributed by atoms with van der Waals surface area (Å²) in [5, 5.41) is 3.41. The van der Waals surface area contributed by atoms with E-state index in [0.717, 1.165) is 5.56 Å². The van der Waals surface area contributed by atoms with Crippen LogP contribution in [-0.4, -0.2) is 9.97 Å². The Bertz CT molecular complexity index is 546. The first-order chi connectivity index (χ1) is 9.09. The van der Waals surface area contributed by atoms with Gasteiger partial charge in [-0.1, -0.05) is 41.9 Å². The van der Waals surface area contributed by atoms with Crippen LogP contribution in [0.3, 0.4) is 0 Å². The highest BCUT2D eigenvalue weighted by Crippen LogP contribution is 2.30. The fraction of sp³-hybridized carbons (Fsp3) is 0.286. The van der Waals surface area contributed by atoms with Crippen molar-refractivity contribution in [3.8, 4) is 0 Å². The van der Waals surface area contributed by atoms with Crippen LogP contribution in [0.25, 0.3) is 0 Å². The van der Waals surface area contributed by atoms with Gasteiger partial charge in [-0.3, -0.25) is 0 Å². The number of rotatable bonds is 4. The van der Waals surface area contributed by atoms with Crippen LogP contribution in [0.15, 0.2) is 36.7 Å². The maximum atomic E-state index is 13.3. The highest BCUT2D eigenvalue weighted by molar-refractivity contribution is 6.33. The van der Waals surface area contributed by atoms with E-state index in [-0.39, 0.29) is 16.8 Å². The first-order valence-electron chi connectivity index (χ1n) is 6.05. The molecule has 1 heterocycles. The Morgan fingerprint density at radius 2 is 1.84 bits per heavy atom. The van der Waals surface area contributed by atoms with Gasteiger partial charge in [0, 0.05) is 6.04 Å². The highest BCUT2D eigenvalue weighted by atomic mass is 35.5. The molecule has 2 rings (SSSR count). The molecule has 0 radical (unpaired) electrons. The Kier molecular flexibility index (Phi) is 4.32. The minimum Gasteiger partial charge on any atom is -0.362 e. The van der Waals surface area contributed by atoms with Crippen LogP contribution in [-0.2, 0) is 0 Å². The largest absolute Gasteiger partial charge is 0.362 e. The predicted molar refractivity (Wildman–Crippen MR) is 75.0 cm³/mol. The molecule has 1 N–H and O–H groups in total. The first-order valence-corrected chi connectivity index (χ1v) is 6.43. The summed E-state index contributed by atoms with van der Waals surface area (Å²) >= 11 is 6.11. The van der Waals surface area contributed by atoms with Gasteiger partial charge < -0.3 is 5.32 Å². The second-order valence-electron chi connectivity index (χ2n) is 4.31. The average Bonchev–Trinajstić information content (AvgIpc) is 2.41. The van der Waals surface area contributed by atoms with Crippen LogP contribution in [0.4, 0.5) is 10.2 Å². The Hall–Kier alpha value is -1.68. The van der Waals surface area contributed by atoms with E-state index in [1.165, 1.54) is 13.3 Å². The molecule has 0 bridgehead atoms. The number of nitrogens with zero attached hydrogens (tertiary/aromatic N) is 2. The summed E-state index contributed by atoms with van der Waals surface area (Å²) in [6, 6.07) is 9.92. The zero-order valence-corrected chi connectivity index (χ0v) is 11.5. The van der Waals surface area contributed by atoms with Gasteiger partial charge in [-0.25, -0.2) is 14.4 Å². The van der Waals surface area contributed by atoms with Crippen molar-refractivity contribution in [3.05, 3.63) is 52.9 Å².